The Bertz CT molecular complexity index is 354. The molecule has 1 aromatic carbocycles. The summed E-state index contributed by atoms with van der Waals surface area (Å²) >= 11 is 0. The molecule has 0 heterocycles. The van der Waals surface area contributed by atoms with E-state index in [0.717, 1.165) is 0 Å². The molecule has 1 aromatic rings. The molecular formula is C11H12F3NO. The van der Waals surface area contributed by atoms with E-state index < -0.39 is 6.36 Å². The van der Waals surface area contributed by atoms with Crippen molar-refractivity contribution in [3.63, 3.8) is 0 Å². The summed E-state index contributed by atoms with van der Waals surface area (Å²) < 4.78 is 39.3. The van der Waals surface area contributed by atoms with Gasteiger partial charge < -0.3 is 4.74 Å². The van der Waals surface area contributed by atoms with E-state index in [9.17, 15) is 13.2 Å². The molecule has 0 aromatic heterocycles. The van der Waals surface area contributed by atoms with Crippen LogP contribution in [0, 0.1) is 5.92 Å². The zero-order chi connectivity index (χ0) is 12.2. The zero-order valence-electron chi connectivity index (χ0n) is 8.95. The maximum absolute atomic E-state index is 11.8. The average molecular weight is 231 g/mol. The number of hydrogen-bond donors (Lipinski definition) is 0. The van der Waals surface area contributed by atoms with Gasteiger partial charge in [0.2, 0.25) is 0 Å². The molecule has 1 rings (SSSR count). The van der Waals surface area contributed by atoms with Crippen molar-refractivity contribution in [1.82, 2.24) is 0 Å². The average Bonchev–Trinajstić information content (AvgIpc) is 2.14. The molecule has 0 atom stereocenters. The number of rotatable bonds is 3. The van der Waals surface area contributed by atoms with Gasteiger partial charge in [-0.3, -0.25) is 4.99 Å². The fourth-order valence-electron chi connectivity index (χ4n) is 0.969. The first-order chi connectivity index (χ1) is 7.37. The van der Waals surface area contributed by atoms with E-state index in [0.29, 0.717) is 11.6 Å². The van der Waals surface area contributed by atoms with Crippen LogP contribution < -0.4 is 4.74 Å². The monoisotopic (exact) mass is 231 g/mol. The molecule has 0 amide bonds. The maximum Gasteiger partial charge on any atom is 0.573 e. The van der Waals surface area contributed by atoms with Crippen LogP contribution in [-0.4, -0.2) is 12.6 Å². The number of aliphatic imine (C=N–C) groups is 1. The predicted molar refractivity (Wildman–Crippen MR) is 56.1 cm³/mol. The highest BCUT2D eigenvalue weighted by Crippen LogP contribution is 2.24. The van der Waals surface area contributed by atoms with Gasteiger partial charge in [0.25, 0.3) is 0 Å². The molecule has 88 valence electrons. The van der Waals surface area contributed by atoms with Gasteiger partial charge in [0.05, 0.1) is 5.69 Å². The van der Waals surface area contributed by atoms with Crippen LogP contribution in [0.5, 0.6) is 5.75 Å². The van der Waals surface area contributed by atoms with E-state index in [1.807, 2.05) is 13.8 Å². The van der Waals surface area contributed by atoms with Crippen molar-refractivity contribution in [1.29, 1.82) is 0 Å². The summed E-state index contributed by atoms with van der Waals surface area (Å²) in [5.74, 6) is 0.0575. The Hall–Kier alpha value is -1.52. The predicted octanol–water partition coefficient (Wildman–Crippen LogP) is 3.94. The van der Waals surface area contributed by atoms with Crippen molar-refractivity contribution in [2.24, 2.45) is 10.9 Å². The number of benzene rings is 1. The fraction of sp³-hybridized carbons (Fsp3) is 0.364. The lowest BCUT2D eigenvalue weighted by molar-refractivity contribution is -0.274. The molecule has 0 unspecified atom stereocenters. The zero-order valence-corrected chi connectivity index (χ0v) is 8.95. The highest BCUT2D eigenvalue weighted by Gasteiger charge is 2.30. The molecule has 0 aliphatic carbocycles. The summed E-state index contributed by atoms with van der Waals surface area (Å²) in [5, 5.41) is 0. The summed E-state index contributed by atoms with van der Waals surface area (Å²) in [6.45, 7) is 3.93. The highest BCUT2D eigenvalue weighted by atomic mass is 19.4. The van der Waals surface area contributed by atoms with Gasteiger partial charge in [0.15, 0.2) is 0 Å². The molecule has 5 heteroatoms. The normalized spacial score (nSPS) is 12.4. The Kier molecular flexibility index (Phi) is 3.93. The van der Waals surface area contributed by atoms with Gasteiger partial charge >= 0.3 is 6.36 Å². The van der Waals surface area contributed by atoms with Gasteiger partial charge in [-0.05, 0) is 30.2 Å². The molecular weight excluding hydrogens is 219 g/mol. The van der Waals surface area contributed by atoms with Gasteiger partial charge in [-0.1, -0.05) is 13.8 Å². The van der Waals surface area contributed by atoms with E-state index >= 15 is 0 Å². The van der Waals surface area contributed by atoms with E-state index in [4.69, 9.17) is 0 Å². The van der Waals surface area contributed by atoms with Crippen LogP contribution in [0.1, 0.15) is 13.8 Å². The molecule has 0 saturated heterocycles. The molecule has 16 heavy (non-hydrogen) atoms. The molecule has 0 bridgehead atoms. The second-order valence-electron chi connectivity index (χ2n) is 3.56. The Labute approximate surface area is 91.8 Å². The molecule has 0 aliphatic heterocycles. The van der Waals surface area contributed by atoms with E-state index in [1.54, 1.807) is 6.21 Å². The maximum atomic E-state index is 11.8. The number of nitrogens with zero attached hydrogens (tertiary/aromatic N) is 1. The van der Waals surface area contributed by atoms with Crippen molar-refractivity contribution in [3.05, 3.63) is 24.3 Å². The smallest absolute Gasteiger partial charge is 0.406 e. The van der Waals surface area contributed by atoms with Crippen molar-refractivity contribution < 1.29 is 17.9 Å². The third-order valence-corrected chi connectivity index (χ3v) is 1.59. The topological polar surface area (TPSA) is 21.6 Å². The lowest BCUT2D eigenvalue weighted by Gasteiger charge is -2.08. The summed E-state index contributed by atoms with van der Waals surface area (Å²) in [6.07, 6.45) is -2.93. The molecule has 2 nitrogen and oxygen atoms in total. The van der Waals surface area contributed by atoms with E-state index in [2.05, 4.69) is 9.73 Å². The van der Waals surface area contributed by atoms with Gasteiger partial charge in [-0.15, -0.1) is 13.2 Å². The quantitative estimate of drug-likeness (QED) is 0.722. The highest BCUT2D eigenvalue weighted by molar-refractivity contribution is 5.65. The standard InChI is InChI=1S/C11H12F3NO/c1-8(2)7-15-9-3-5-10(6-4-9)16-11(12,13)14/h3-8H,1-2H3/b15-7+. The number of hydrogen-bond acceptors (Lipinski definition) is 2. The largest absolute Gasteiger partial charge is 0.573 e. The van der Waals surface area contributed by atoms with Gasteiger partial charge in [-0.25, -0.2) is 0 Å². The second-order valence-corrected chi connectivity index (χ2v) is 3.56. The van der Waals surface area contributed by atoms with Crippen LogP contribution in [0.15, 0.2) is 29.3 Å². The van der Waals surface area contributed by atoms with Gasteiger partial charge in [-0.2, -0.15) is 0 Å². The second kappa shape index (κ2) is 5.01. The van der Waals surface area contributed by atoms with Crippen LogP contribution in [0.4, 0.5) is 18.9 Å². The minimum Gasteiger partial charge on any atom is -0.406 e. The van der Waals surface area contributed by atoms with Crippen molar-refractivity contribution >= 4 is 11.9 Å². The van der Waals surface area contributed by atoms with Crippen molar-refractivity contribution in [2.45, 2.75) is 20.2 Å². The first-order valence-corrected chi connectivity index (χ1v) is 4.77. The van der Waals surface area contributed by atoms with Crippen LogP contribution >= 0.6 is 0 Å². The number of alkyl halides is 3. The Balaban J connectivity index is 2.68. The number of halogens is 3. The molecule has 0 saturated carbocycles. The lowest BCUT2D eigenvalue weighted by atomic mass is 10.2. The Morgan fingerprint density at radius 2 is 1.75 bits per heavy atom. The third-order valence-electron chi connectivity index (χ3n) is 1.59. The number of ether oxygens (including phenoxy) is 1. The van der Waals surface area contributed by atoms with Crippen molar-refractivity contribution in [3.8, 4) is 5.75 Å². The van der Waals surface area contributed by atoms with Crippen LogP contribution in [0.3, 0.4) is 0 Å². The van der Waals surface area contributed by atoms with Gasteiger partial charge in [0, 0.05) is 6.21 Å². The van der Waals surface area contributed by atoms with Crippen LogP contribution in [-0.2, 0) is 0 Å². The molecule has 0 N–H and O–H groups in total. The summed E-state index contributed by atoms with van der Waals surface area (Å²) in [7, 11) is 0. The fourth-order valence-corrected chi connectivity index (χ4v) is 0.969. The van der Waals surface area contributed by atoms with E-state index in [1.165, 1.54) is 24.3 Å². The molecule has 0 radical (unpaired) electrons. The summed E-state index contributed by atoms with van der Waals surface area (Å²) in [5.41, 5.74) is 0.600. The van der Waals surface area contributed by atoms with Crippen LogP contribution in [0.2, 0.25) is 0 Å². The lowest BCUT2D eigenvalue weighted by Crippen LogP contribution is -2.16. The van der Waals surface area contributed by atoms with Gasteiger partial charge in [0.1, 0.15) is 5.75 Å². The molecule has 0 fully saturated rings. The minimum absolute atomic E-state index is 0.240. The first kappa shape index (κ1) is 12.5. The summed E-state index contributed by atoms with van der Waals surface area (Å²) in [6, 6.07) is 5.42. The Morgan fingerprint density at radius 1 is 1.19 bits per heavy atom. The van der Waals surface area contributed by atoms with E-state index in [-0.39, 0.29) is 5.75 Å². The third kappa shape index (κ3) is 4.82. The van der Waals surface area contributed by atoms with Crippen molar-refractivity contribution in [2.75, 3.05) is 0 Å². The first-order valence-electron chi connectivity index (χ1n) is 4.77. The Morgan fingerprint density at radius 3 is 2.19 bits per heavy atom. The molecule has 0 spiro atoms. The summed E-state index contributed by atoms with van der Waals surface area (Å²) in [4.78, 5) is 4.08. The van der Waals surface area contributed by atoms with Crippen LogP contribution in [0.25, 0.3) is 0 Å². The molecule has 0 aliphatic rings. The SMILES string of the molecule is CC(C)/C=N/c1ccc(OC(F)(F)F)cc1. The minimum atomic E-state index is -4.65.